The Morgan fingerprint density at radius 1 is 1.05 bits per heavy atom. The van der Waals surface area contributed by atoms with Crippen molar-refractivity contribution in [2.75, 3.05) is 7.11 Å². The number of hydrogen-bond donors (Lipinski definition) is 1. The summed E-state index contributed by atoms with van der Waals surface area (Å²) in [6, 6.07) is 14.2. The molecular weight excluding hydrogens is 305 g/mol. The molecule has 0 bridgehead atoms. The van der Waals surface area contributed by atoms with E-state index in [1.165, 1.54) is 5.56 Å². The van der Waals surface area contributed by atoms with Gasteiger partial charge in [0.05, 0.1) is 17.2 Å². The second kappa shape index (κ2) is 7.69. The van der Waals surface area contributed by atoms with Crippen molar-refractivity contribution in [1.29, 1.82) is 0 Å². The van der Waals surface area contributed by atoms with E-state index in [9.17, 15) is 0 Å². The van der Waals surface area contributed by atoms with Crippen LogP contribution in [-0.4, -0.2) is 7.11 Å². The summed E-state index contributed by atoms with van der Waals surface area (Å²) >= 11 is 12.0. The molecule has 0 aliphatic rings. The minimum atomic E-state index is 0.297. The van der Waals surface area contributed by atoms with Gasteiger partial charge in [-0.1, -0.05) is 48.3 Å². The molecule has 0 heterocycles. The van der Waals surface area contributed by atoms with Crippen LogP contribution in [0.1, 0.15) is 30.5 Å². The van der Waals surface area contributed by atoms with E-state index in [-0.39, 0.29) is 0 Å². The van der Waals surface area contributed by atoms with Crippen LogP contribution in [0.15, 0.2) is 42.5 Å². The van der Waals surface area contributed by atoms with Gasteiger partial charge in [0, 0.05) is 12.6 Å². The van der Waals surface area contributed by atoms with E-state index >= 15 is 0 Å². The molecule has 4 heteroatoms. The van der Waals surface area contributed by atoms with Crippen LogP contribution in [0.2, 0.25) is 10.0 Å². The first-order chi connectivity index (χ1) is 10.1. The highest BCUT2D eigenvalue weighted by molar-refractivity contribution is 6.42. The van der Waals surface area contributed by atoms with E-state index in [4.69, 9.17) is 27.9 Å². The lowest BCUT2D eigenvalue weighted by Gasteiger charge is -2.18. The third-order valence-corrected chi connectivity index (χ3v) is 4.20. The van der Waals surface area contributed by atoms with Gasteiger partial charge in [-0.05, 0) is 41.8 Å². The molecule has 1 N–H and O–H groups in total. The lowest BCUT2D eigenvalue weighted by Crippen LogP contribution is -2.20. The predicted molar refractivity (Wildman–Crippen MR) is 89.3 cm³/mol. The van der Waals surface area contributed by atoms with Gasteiger partial charge in [0.2, 0.25) is 0 Å². The van der Waals surface area contributed by atoms with E-state index in [0.717, 1.165) is 24.3 Å². The van der Waals surface area contributed by atoms with Crippen molar-refractivity contribution >= 4 is 23.2 Å². The Morgan fingerprint density at radius 2 is 1.76 bits per heavy atom. The number of rotatable bonds is 6. The molecule has 112 valence electrons. The zero-order valence-electron chi connectivity index (χ0n) is 12.2. The quantitative estimate of drug-likeness (QED) is 0.784. The van der Waals surface area contributed by atoms with Crippen molar-refractivity contribution in [2.45, 2.75) is 25.9 Å². The van der Waals surface area contributed by atoms with Crippen LogP contribution in [0.4, 0.5) is 0 Å². The molecule has 1 unspecified atom stereocenters. The van der Waals surface area contributed by atoms with Crippen molar-refractivity contribution in [2.24, 2.45) is 0 Å². The average molecular weight is 324 g/mol. The maximum atomic E-state index is 6.04. The average Bonchev–Trinajstić information content (AvgIpc) is 2.52. The Kier molecular flexibility index (Phi) is 5.92. The summed E-state index contributed by atoms with van der Waals surface area (Å²) in [5.74, 6) is 0.873. The molecule has 2 aromatic rings. The number of nitrogens with one attached hydrogen (secondary N) is 1. The molecule has 0 radical (unpaired) electrons. The van der Waals surface area contributed by atoms with Gasteiger partial charge in [-0.2, -0.15) is 0 Å². The molecule has 21 heavy (non-hydrogen) atoms. The van der Waals surface area contributed by atoms with Gasteiger partial charge in [0.15, 0.2) is 0 Å². The first-order valence-electron chi connectivity index (χ1n) is 6.95. The first kappa shape index (κ1) is 16.2. The normalized spacial score (nSPS) is 12.2. The first-order valence-corrected chi connectivity index (χ1v) is 7.71. The zero-order valence-corrected chi connectivity index (χ0v) is 13.7. The summed E-state index contributed by atoms with van der Waals surface area (Å²) in [5.41, 5.74) is 2.37. The summed E-state index contributed by atoms with van der Waals surface area (Å²) in [6.07, 6.45) is 1.01. The highest BCUT2D eigenvalue weighted by Crippen LogP contribution is 2.24. The van der Waals surface area contributed by atoms with Crippen LogP contribution in [-0.2, 0) is 6.54 Å². The zero-order chi connectivity index (χ0) is 15.2. The molecule has 1 atom stereocenters. The Balaban J connectivity index is 2.02. The Labute approximate surface area is 136 Å². The molecule has 2 nitrogen and oxygen atoms in total. The van der Waals surface area contributed by atoms with Crippen LogP contribution in [0, 0.1) is 0 Å². The molecule has 0 amide bonds. The van der Waals surface area contributed by atoms with Gasteiger partial charge >= 0.3 is 0 Å². The largest absolute Gasteiger partial charge is 0.497 e. The summed E-state index contributed by atoms with van der Waals surface area (Å²) in [4.78, 5) is 0. The highest BCUT2D eigenvalue weighted by Gasteiger charge is 2.09. The molecule has 0 aliphatic heterocycles. The number of halogens is 2. The summed E-state index contributed by atoms with van der Waals surface area (Å²) in [5, 5.41) is 4.72. The minimum absolute atomic E-state index is 0.297. The number of hydrogen-bond acceptors (Lipinski definition) is 2. The van der Waals surface area contributed by atoms with Crippen LogP contribution in [0.25, 0.3) is 0 Å². The summed E-state index contributed by atoms with van der Waals surface area (Å²) < 4.78 is 5.19. The Hall–Kier alpha value is -1.22. The molecule has 0 saturated heterocycles. The van der Waals surface area contributed by atoms with Crippen molar-refractivity contribution < 1.29 is 4.74 Å². The molecule has 0 fully saturated rings. The van der Waals surface area contributed by atoms with Crippen LogP contribution in [0.3, 0.4) is 0 Å². The fourth-order valence-electron chi connectivity index (χ4n) is 2.22. The molecule has 0 saturated carbocycles. The van der Waals surface area contributed by atoms with Gasteiger partial charge in [-0.25, -0.2) is 0 Å². The fourth-order valence-corrected chi connectivity index (χ4v) is 2.55. The minimum Gasteiger partial charge on any atom is -0.497 e. The van der Waals surface area contributed by atoms with Gasteiger partial charge in [-0.3, -0.25) is 0 Å². The van der Waals surface area contributed by atoms with Crippen molar-refractivity contribution in [3.8, 4) is 5.75 Å². The van der Waals surface area contributed by atoms with Crippen LogP contribution < -0.4 is 10.1 Å². The number of methoxy groups -OCH3 is 1. The van der Waals surface area contributed by atoms with Crippen LogP contribution in [0.5, 0.6) is 5.75 Å². The monoisotopic (exact) mass is 323 g/mol. The van der Waals surface area contributed by atoms with Crippen molar-refractivity contribution in [1.82, 2.24) is 5.32 Å². The van der Waals surface area contributed by atoms with Crippen molar-refractivity contribution in [3.05, 3.63) is 63.6 Å². The van der Waals surface area contributed by atoms with E-state index < -0.39 is 0 Å². The van der Waals surface area contributed by atoms with Gasteiger partial charge in [0.1, 0.15) is 5.75 Å². The fraction of sp³-hybridized carbons (Fsp3) is 0.294. The van der Waals surface area contributed by atoms with E-state index in [0.29, 0.717) is 16.1 Å². The molecule has 0 spiro atoms. The molecular formula is C17H19Cl2NO. The predicted octanol–water partition coefficient (Wildman–Crippen LogP) is 5.24. The van der Waals surface area contributed by atoms with E-state index in [1.807, 2.05) is 30.3 Å². The number of benzene rings is 2. The molecule has 2 rings (SSSR count). The summed E-state index contributed by atoms with van der Waals surface area (Å²) in [6.45, 7) is 2.91. The van der Waals surface area contributed by atoms with E-state index in [2.05, 4.69) is 24.4 Å². The summed E-state index contributed by atoms with van der Waals surface area (Å²) in [7, 11) is 1.68. The van der Waals surface area contributed by atoms with Gasteiger partial charge in [0.25, 0.3) is 0 Å². The maximum absolute atomic E-state index is 6.04. The van der Waals surface area contributed by atoms with Gasteiger partial charge < -0.3 is 10.1 Å². The third-order valence-electron chi connectivity index (χ3n) is 3.46. The molecule has 0 aromatic heterocycles. The van der Waals surface area contributed by atoms with Gasteiger partial charge in [-0.15, -0.1) is 0 Å². The highest BCUT2D eigenvalue weighted by atomic mass is 35.5. The maximum Gasteiger partial charge on any atom is 0.118 e. The topological polar surface area (TPSA) is 21.3 Å². The SMILES string of the molecule is CCC(NCc1ccc(Cl)c(Cl)c1)c1ccc(OC)cc1. The van der Waals surface area contributed by atoms with Crippen LogP contribution >= 0.6 is 23.2 Å². The lowest BCUT2D eigenvalue weighted by atomic mass is 10.0. The standard InChI is InChI=1S/C17H19Cl2NO/c1-3-17(13-5-7-14(21-2)8-6-13)20-11-12-4-9-15(18)16(19)10-12/h4-10,17,20H,3,11H2,1-2H3. The third kappa shape index (κ3) is 4.37. The Bertz CT molecular complexity index is 584. The smallest absolute Gasteiger partial charge is 0.118 e. The number of ether oxygens (including phenoxy) is 1. The van der Waals surface area contributed by atoms with Crippen molar-refractivity contribution in [3.63, 3.8) is 0 Å². The lowest BCUT2D eigenvalue weighted by molar-refractivity contribution is 0.414. The second-order valence-electron chi connectivity index (χ2n) is 4.86. The Morgan fingerprint density at radius 3 is 2.33 bits per heavy atom. The molecule has 0 aliphatic carbocycles. The van der Waals surface area contributed by atoms with E-state index in [1.54, 1.807) is 7.11 Å². The second-order valence-corrected chi connectivity index (χ2v) is 5.68. The molecule has 2 aromatic carbocycles.